The van der Waals surface area contributed by atoms with Gasteiger partial charge in [-0.25, -0.2) is 4.98 Å². The third-order valence-corrected chi connectivity index (χ3v) is 6.58. The van der Waals surface area contributed by atoms with Crippen molar-refractivity contribution in [3.05, 3.63) is 47.7 Å². The van der Waals surface area contributed by atoms with E-state index in [1.165, 1.54) is 43.5 Å². The number of nitrogens with zero attached hydrogens (tertiary/aromatic N) is 4. The fourth-order valence-corrected chi connectivity index (χ4v) is 4.57. The average Bonchev–Trinajstić information content (AvgIpc) is 3.00. The van der Waals surface area contributed by atoms with E-state index in [0.29, 0.717) is 5.88 Å². The molecule has 28 heavy (non-hydrogen) atoms. The van der Waals surface area contributed by atoms with Gasteiger partial charge in [0, 0.05) is 38.3 Å². The van der Waals surface area contributed by atoms with Gasteiger partial charge in [-0.05, 0) is 62.1 Å². The van der Waals surface area contributed by atoms with Crippen molar-refractivity contribution in [2.45, 2.75) is 38.1 Å². The van der Waals surface area contributed by atoms with E-state index in [2.05, 4.69) is 51.0 Å². The van der Waals surface area contributed by atoms with Crippen LogP contribution in [0.1, 0.15) is 30.4 Å². The SMILES string of the molecule is CN1CCN(c2ccc(Oc3ccc4c(c3)CCN(C3CCC3)CC4)nc2)C1. The summed E-state index contributed by atoms with van der Waals surface area (Å²) < 4.78 is 6.08. The molecule has 2 fully saturated rings. The van der Waals surface area contributed by atoms with Crippen molar-refractivity contribution < 1.29 is 4.74 Å². The van der Waals surface area contributed by atoms with E-state index in [1.807, 2.05) is 12.3 Å². The predicted octanol–water partition coefficient (Wildman–Crippen LogP) is 3.54. The average molecular weight is 379 g/mol. The first kappa shape index (κ1) is 18.0. The first-order chi connectivity index (χ1) is 13.7. The van der Waals surface area contributed by atoms with Crippen molar-refractivity contribution in [3.63, 3.8) is 0 Å². The van der Waals surface area contributed by atoms with Gasteiger partial charge in [-0.1, -0.05) is 12.5 Å². The van der Waals surface area contributed by atoms with Crippen molar-refractivity contribution in [1.29, 1.82) is 0 Å². The van der Waals surface area contributed by atoms with Crippen LogP contribution in [0.3, 0.4) is 0 Å². The number of fused-ring (bicyclic) bond motifs is 1. The number of rotatable bonds is 4. The van der Waals surface area contributed by atoms with E-state index >= 15 is 0 Å². The zero-order chi connectivity index (χ0) is 18.9. The van der Waals surface area contributed by atoms with Gasteiger partial charge >= 0.3 is 0 Å². The van der Waals surface area contributed by atoms with Crippen molar-refractivity contribution in [2.75, 3.05) is 44.8 Å². The Morgan fingerprint density at radius 3 is 2.50 bits per heavy atom. The van der Waals surface area contributed by atoms with Gasteiger partial charge in [0.15, 0.2) is 0 Å². The molecule has 1 saturated heterocycles. The first-order valence-corrected chi connectivity index (χ1v) is 10.7. The number of pyridine rings is 1. The molecule has 0 radical (unpaired) electrons. The number of likely N-dealkylation sites (N-methyl/N-ethyl adjacent to an activating group) is 1. The third kappa shape index (κ3) is 3.74. The van der Waals surface area contributed by atoms with Crippen LogP contribution in [0, 0.1) is 0 Å². The first-order valence-electron chi connectivity index (χ1n) is 10.7. The lowest BCUT2D eigenvalue weighted by Crippen LogP contribution is -2.41. The maximum atomic E-state index is 6.08. The van der Waals surface area contributed by atoms with Crippen molar-refractivity contribution >= 4 is 5.69 Å². The zero-order valence-corrected chi connectivity index (χ0v) is 16.8. The molecule has 0 atom stereocenters. The summed E-state index contributed by atoms with van der Waals surface area (Å²) >= 11 is 0. The maximum absolute atomic E-state index is 6.08. The van der Waals surface area contributed by atoms with E-state index in [-0.39, 0.29) is 0 Å². The lowest BCUT2D eigenvalue weighted by Gasteiger charge is -2.36. The molecule has 2 aliphatic heterocycles. The minimum absolute atomic E-state index is 0.668. The quantitative estimate of drug-likeness (QED) is 0.812. The second-order valence-corrected chi connectivity index (χ2v) is 8.49. The summed E-state index contributed by atoms with van der Waals surface area (Å²) in [4.78, 5) is 11.9. The highest BCUT2D eigenvalue weighted by atomic mass is 16.5. The van der Waals surface area contributed by atoms with Crippen LogP contribution in [0.2, 0.25) is 0 Å². The molecule has 0 spiro atoms. The molecule has 5 nitrogen and oxygen atoms in total. The molecular formula is C23H30N4O. The van der Waals surface area contributed by atoms with Crippen LogP contribution in [0.4, 0.5) is 5.69 Å². The Balaban J connectivity index is 1.24. The van der Waals surface area contributed by atoms with E-state index in [9.17, 15) is 0 Å². The summed E-state index contributed by atoms with van der Waals surface area (Å²) in [6.07, 6.45) is 8.39. The van der Waals surface area contributed by atoms with Crippen LogP contribution >= 0.6 is 0 Å². The molecule has 0 bridgehead atoms. The summed E-state index contributed by atoms with van der Waals surface area (Å²) in [7, 11) is 2.15. The minimum atomic E-state index is 0.668. The molecule has 5 rings (SSSR count). The molecule has 1 saturated carbocycles. The van der Waals surface area contributed by atoms with Crippen LogP contribution in [-0.4, -0.2) is 60.7 Å². The molecule has 2 aromatic rings. The fraction of sp³-hybridized carbons (Fsp3) is 0.522. The molecule has 1 aliphatic carbocycles. The number of hydrogen-bond acceptors (Lipinski definition) is 5. The molecule has 0 amide bonds. The molecule has 148 valence electrons. The Labute approximate surface area is 167 Å². The highest BCUT2D eigenvalue weighted by Gasteiger charge is 2.26. The Morgan fingerprint density at radius 2 is 1.82 bits per heavy atom. The number of benzene rings is 1. The Bertz CT molecular complexity index is 818. The summed E-state index contributed by atoms with van der Waals surface area (Å²) in [5, 5.41) is 0. The molecule has 0 N–H and O–H groups in total. The van der Waals surface area contributed by atoms with Crippen LogP contribution in [0.15, 0.2) is 36.5 Å². The Kier molecular flexibility index (Phi) is 4.95. The number of ether oxygens (including phenoxy) is 1. The van der Waals surface area contributed by atoms with Crippen molar-refractivity contribution in [1.82, 2.24) is 14.8 Å². The Morgan fingerprint density at radius 1 is 0.964 bits per heavy atom. The standard InChI is InChI=1S/C23H30N4O/c1-25-13-14-27(17-25)21-6-8-23(24-16-21)28-22-7-5-18-9-11-26(20-3-2-4-20)12-10-19(18)15-22/h5-8,15-16,20H,2-4,9-14,17H2,1H3. The van der Waals surface area contributed by atoms with Gasteiger partial charge in [0.1, 0.15) is 5.75 Å². The van der Waals surface area contributed by atoms with Crippen LogP contribution in [0.25, 0.3) is 0 Å². The van der Waals surface area contributed by atoms with Gasteiger partial charge in [-0.15, -0.1) is 0 Å². The molecule has 1 aromatic heterocycles. The second kappa shape index (κ2) is 7.72. The Hall–Kier alpha value is -2.11. The molecule has 0 unspecified atom stereocenters. The van der Waals surface area contributed by atoms with Gasteiger partial charge in [0.2, 0.25) is 5.88 Å². The van der Waals surface area contributed by atoms with Crippen molar-refractivity contribution in [2.24, 2.45) is 0 Å². The molecule has 5 heteroatoms. The van der Waals surface area contributed by atoms with Crippen molar-refractivity contribution in [3.8, 4) is 11.6 Å². The fourth-order valence-electron chi connectivity index (χ4n) is 4.57. The number of anilines is 1. The lowest BCUT2D eigenvalue weighted by molar-refractivity contribution is 0.133. The molecule has 1 aromatic carbocycles. The summed E-state index contributed by atoms with van der Waals surface area (Å²) in [5.41, 5.74) is 4.08. The lowest BCUT2D eigenvalue weighted by atomic mass is 9.91. The third-order valence-electron chi connectivity index (χ3n) is 6.58. The van der Waals surface area contributed by atoms with E-state index in [4.69, 9.17) is 4.74 Å². The largest absolute Gasteiger partial charge is 0.439 e. The minimum Gasteiger partial charge on any atom is -0.439 e. The van der Waals surface area contributed by atoms with E-state index < -0.39 is 0 Å². The zero-order valence-electron chi connectivity index (χ0n) is 16.8. The number of hydrogen-bond donors (Lipinski definition) is 0. The predicted molar refractivity (Wildman–Crippen MR) is 112 cm³/mol. The van der Waals surface area contributed by atoms with Gasteiger partial charge in [-0.3, -0.25) is 9.80 Å². The summed E-state index contributed by atoms with van der Waals surface area (Å²) in [6.45, 7) is 5.50. The molecular weight excluding hydrogens is 348 g/mol. The van der Waals surface area contributed by atoms with E-state index in [0.717, 1.165) is 50.1 Å². The van der Waals surface area contributed by atoms with Crippen LogP contribution in [0.5, 0.6) is 11.6 Å². The second-order valence-electron chi connectivity index (χ2n) is 8.49. The molecule has 3 heterocycles. The highest BCUT2D eigenvalue weighted by molar-refractivity contribution is 5.47. The molecule has 3 aliphatic rings. The summed E-state index contributed by atoms with van der Waals surface area (Å²) in [6, 6.07) is 11.5. The van der Waals surface area contributed by atoms with Gasteiger partial charge in [-0.2, -0.15) is 0 Å². The normalized spacial score (nSPS) is 21.2. The highest BCUT2D eigenvalue weighted by Crippen LogP contribution is 2.30. The van der Waals surface area contributed by atoms with Gasteiger partial charge < -0.3 is 9.64 Å². The summed E-state index contributed by atoms with van der Waals surface area (Å²) in [5.74, 6) is 1.57. The smallest absolute Gasteiger partial charge is 0.219 e. The maximum Gasteiger partial charge on any atom is 0.219 e. The van der Waals surface area contributed by atoms with Crippen LogP contribution in [-0.2, 0) is 12.8 Å². The number of aromatic nitrogens is 1. The van der Waals surface area contributed by atoms with Gasteiger partial charge in [0.05, 0.1) is 18.6 Å². The topological polar surface area (TPSA) is 31.8 Å². The van der Waals surface area contributed by atoms with E-state index in [1.54, 1.807) is 0 Å². The van der Waals surface area contributed by atoms with Gasteiger partial charge in [0.25, 0.3) is 0 Å². The van der Waals surface area contributed by atoms with Crippen LogP contribution < -0.4 is 9.64 Å². The monoisotopic (exact) mass is 378 g/mol.